The Morgan fingerprint density at radius 2 is 2.12 bits per heavy atom. The van der Waals surface area contributed by atoms with Crippen molar-refractivity contribution in [1.82, 2.24) is 25.2 Å². The van der Waals surface area contributed by atoms with E-state index in [-0.39, 0.29) is 6.10 Å². The maximum absolute atomic E-state index is 5.81. The molecule has 1 fully saturated rings. The molecule has 0 radical (unpaired) electrons. The van der Waals surface area contributed by atoms with E-state index in [0.717, 1.165) is 39.0 Å². The highest BCUT2D eigenvalue weighted by Crippen LogP contribution is 2.33. The topological polar surface area (TPSA) is 78.0 Å². The molecule has 7 heteroatoms. The van der Waals surface area contributed by atoms with E-state index in [9.17, 15) is 0 Å². The van der Waals surface area contributed by atoms with Gasteiger partial charge >= 0.3 is 0 Å². The lowest BCUT2D eigenvalue weighted by Crippen LogP contribution is -2.25. The molecule has 1 saturated heterocycles. The highest BCUT2D eigenvalue weighted by Gasteiger charge is 2.33. The first-order valence-electron chi connectivity index (χ1n) is 8.80. The van der Waals surface area contributed by atoms with Crippen molar-refractivity contribution < 1.29 is 9.26 Å². The largest absolute Gasteiger partial charge is 0.368 e. The molecule has 0 amide bonds. The van der Waals surface area contributed by atoms with Crippen LogP contribution in [0.2, 0.25) is 0 Å². The van der Waals surface area contributed by atoms with E-state index in [1.165, 1.54) is 17.0 Å². The Bertz CT molecular complexity index is 679. The van der Waals surface area contributed by atoms with Crippen molar-refractivity contribution in [1.29, 1.82) is 0 Å². The fourth-order valence-electron chi connectivity index (χ4n) is 3.52. The fraction of sp³-hybridized carbons (Fsp3) is 0.706. The van der Waals surface area contributed by atoms with Crippen LogP contribution in [0.3, 0.4) is 0 Å². The quantitative estimate of drug-likeness (QED) is 0.836. The van der Waals surface area contributed by atoms with Gasteiger partial charge in [-0.05, 0) is 26.2 Å². The number of hydrogen-bond donors (Lipinski definition) is 1. The number of nitrogens with one attached hydrogen (secondary N) is 1. The minimum absolute atomic E-state index is 0.0936. The lowest BCUT2D eigenvalue weighted by Gasteiger charge is -2.16. The van der Waals surface area contributed by atoms with Crippen LogP contribution in [0.25, 0.3) is 0 Å². The van der Waals surface area contributed by atoms with E-state index in [1.807, 2.05) is 18.7 Å². The van der Waals surface area contributed by atoms with E-state index in [1.54, 1.807) is 0 Å². The highest BCUT2D eigenvalue weighted by atomic mass is 16.5. The summed E-state index contributed by atoms with van der Waals surface area (Å²) in [5.74, 6) is 1.61. The summed E-state index contributed by atoms with van der Waals surface area (Å²) in [5, 5.41) is 12.1. The van der Waals surface area contributed by atoms with Gasteiger partial charge in [-0.25, -0.2) is 0 Å². The van der Waals surface area contributed by atoms with Gasteiger partial charge in [0.25, 0.3) is 5.89 Å². The van der Waals surface area contributed by atoms with Crippen LogP contribution in [0.15, 0.2) is 4.52 Å². The second-order valence-electron chi connectivity index (χ2n) is 6.35. The first-order valence-corrected chi connectivity index (χ1v) is 8.80. The van der Waals surface area contributed by atoms with Crippen molar-refractivity contribution in [2.75, 3.05) is 13.2 Å². The van der Waals surface area contributed by atoms with Crippen molar-refractivity contribution in [2.24, 2.45) is 13.0 Å². The van der Waals surface area contributed by atoms with Crippen molar-refractivity contribution in [3.63, 3.8) is 0 Å². The average Bonchev–Trinajstić information content (AvgIpc) is 3.26. The molecule has 3 rings (SSSR count). The summed E-state index contributed by atoms with van der Waals surface area (Å²) in [4.78, 5) is 4.32. The van der Waals surface area contributed by atoms with Crippen molar-refractivity contribution in [2.45, 2.75) is 52.7 Å². The van der Waals surface area contributed by atoms with Gasteiger partial charge in [0.1, 0.15) is 6.10 Å². The second kappa shape index (κ2) is 7.44. The van der Waals surface area contributed by atoms with E-state index in [4.69, 9.17) is 9.26 Å². The molecule has 0 aliphatic carbocycles. The van der Waals surface area contributed by atoms with Gasteiger partial charge in [-0.1, -0.05) is 19.0 Å². The molecule has 0 bridgehead atoms. The van der Waals surface area contributed by atoms with Gasteiger partial charge in [0.15, 0.2) is 5.82 Å². The third-order valence-electron chi connectivity index (χ3n) is 4.74. The van der Waals surface area contributed by atoms with Gasteiger partial charge in [-0.2, -0.15) is 10.1 Å². The molecule has 7 nitrogen and oxygen atoms in total. The number of ether oxygens (including phenoxy) is 1. The van der Waals surface area contributed by atoms with Crippen molar-refractivity contribution >= 4 is 0 Å². The van der Waals surface area contributed by atoms with Gasteiger partial charge in [0.2, 0.25) is 0 Å². The number of nitrogens with zero attached hydrogens (tertiary/aromatic N) is 4. The monoisotopic (exact) mass is 333 g/mol. The van der Waals surface area contributed by atoms with Gasteiger partial charge in [-0.15, -0.1) is 0 Å². The SMILES string of the molecule is CCc1nn(C)c(CC)c1CNC[C@@H]1CCO[C@@H]1c1nc(C)no1. The number of rotatable bonds is 7. The Kier molecular flexibility index (Phi) is 5.30. The van der Waals surface area contributed by atoms with Gasteiger partial charge in [-0.3, -0.25) is 4.68 Å². The molecule has 0 aromatic carbocycles. The molecule has 1 aliphatic rings. The third kappa shape index (κ3) is 3.37. The molecule has 2 atom stereocenters. The van der Waals surface area contributed by atoms with Crippen LogP contribution in [-0.4, -0.2) is 33.1 Å². The number of aromatic nitrogens is 4. The molecular formula is C17H27N5O2. The second-order valence-corrected chi connectivity index (χ2v) is 6.35. The van der Waals surface area contributed by atoms with Gasteiger partial charge in [0, 0.05) is 43.9 Å². The molecule has 2 aromatic heterocycles. The molecule has 0 unspecified atom stereocenters. The summed E-state index contributed by atoms with van der Waals surface area (Å²) in [7, 11) is 2.03. The lowest BCUT2D eigenvalue weighted by molar-refractivity contribution is 0.0623. The maximum atomic E-state index is 5.81. The first kappa shape index (κ1) is 17.1. The van der Waals surface area contributed by atoms with E-state index < -0.39 is 0 Å². The maximum Gasteiger partial charge on any atom is 0.256 e. The van der Waals surface area contributed by atoms with Crippen LogP contribution in [0.5, 0.6) is 0 Å². The van der Waals surface area contributed by atoms with Crippen LogP contribution < -0.4 is 5.32 Å². The summed E-state index contributed by atoms with van der Waals surface area (Å²) in [6.07, 6.45) is 2.87. The number of aryl methyl sites for hydroxylation is 3. The molecular weight excluding hydrogens is 306 g/mol. The van der Waals surface area contributed by atoms with Crippen LogP contribution in [0, 0.1) is 12.8 Å². The summed E-state index contributed by atoms with van der Waals surface area (Å²) in [5.41, 5.74) is 3.84. The Morgan fingerprint density at radius 3 is 2.79 bits per heavy atom. The predicted molar refractivity (Wildman–Crippen MR) is 89.5 cm³/mol. The summed E-state index contributed by atoms with van der Waals surface area (Å²) >= 11 is 0. The van der Waals surface area contributed by atoms with Gasteiger partial charge in [0.05, 0.1) is 5.69 Å². The van der Waals surface area contributed by atoms with E-state index in [0.29, 0.717) is 17.6 Å². The van der Waals surface area contributed by atoms with E-state index in [2.05, 4.69) is 34.4 Å². The predicted octanol–water partition coefficient (Wildman–Crippen LogP) is 2.10. The molecule has 2 aromatic rings. The van der Waals surface area contributed by atoms with E-state index >= 15 is 0 Å². The zero-order valence-corrected chi connectivity index (χ0v) is 15.0. The molecule has 1 N–H and O–H groups in total. The number of hydrogen-bond acceptors (Lipinski definition) is 6. The van der Waals surface area contributed by atoms with Crippen LogP contribution in [0.4, 0.5) is 0 Å². The Balaban J connectivity index is 1.62. The molecule has 132 valence electrons. The van der Waals surface area contributed by atoms with Crippen molar-refractivity contribution in [3.05, 3.63) is 28.7 Å². The Hall–Kier alpha value is -1.73. The minimum Gasteiger partial charge on any atom is -0.368 e. The smallest absolute Gasteiger partial charge is 0.256 e. The highest BCUT2D eigenvalue weighted by molar-refractivity contribution is 5.26. The average molecular weight is 333 g/mol. The van der Waals surface area contributed by atoms with Crippen molar-refractivity contribution in [3.8, 4) is 0 Å². The van der Waals surface area contributed by atoms with Crippen LogP contribution in [-0.2, 0) is 31.2 Å². The zero-order chi connectivity index (χ0) is 17.1. The fourth-order valence-corrected chi connectivity index (χ4v) is 3.52. The summed E-state index contributed by atoms with van der Waals surface area (Å²) < 4.78 is 13.1. The third-order valence-corrected chi connectivity index (χ3v) is 4.74. The molecule has 0 saturated carbocycles. The van der Waals surface area contributed by atoms with Crippen LogP contribution in [0.1, 0.15) is 55.0 Å². The standard InChI is InChI=1S/C17H27N5O2/c1-5-14-13(15(6-2)22(4)20-14)10-18-9-12-7-8-23-16(12)17-19-11(3)21-24-17/h12,16,18H,5-10H2,1-4H3/t12-,16-/m0/s1. The lowest BCUT2D eigenvalue weighted by atomic mass is 10.0. The Labute approximate surface area is 142 Å². The normalized spacial score (nSPS) is 20.8. The van der Waals surface area contributed by atoms with Crippen LogP contribution >= 0.6 is 0 Å². The summed E-state index contributed by atoms with van der Waals surface area (Å²) in [6.45, 7) is 8.62. The summed E-state index contributed by atoms with van der Waals surface area (Å²) in [6, 6.07) is 0. The zero-order valence-electron chi connectivity index (χ0n) is 15.0. The minimum atomic E-state index is -0.0936. The molecule has 1 aliphatic heterocycles. The Morgan fingerprint density at radius 1 is 1.29 bits per heavy atom. The first-order chi connectivity index (χ1) is 11.6. The molecule has 0 spiro atoms. The van der Waals surface area contributed by atoms with Gasteiger partial charge < -0.3 is 14.6 Å². The molecule has 24 heavy (non-hydrogen) atoms. The molecule has 3 heterocycles.